The summed E-state index contributed by atoms with van der Waals surface area (Å²) in [7, 11) is 0. The second-order valence-electron chi connectivity index (χ2n) is 5.69. The molecule has 2 aromatic heterocycles. The number of nitrogens with two attached hydrogens (primary N) is 1. The van der Waals surface area contributed by atoms with E-state index in [1.165, 1.54) is 23.5 Å². The molecule has 1 amide bonds. The molecule has 3 aromatic rings. The summed E-state index contributed by atoms with van der Waals surface area (Å²) in [4.78, 5) is 20.0. The van der Waals surface area contributed by atoms with Crippen LogP contribution in [-0.2, 0) is 10.5 Å². The van der Waals surface area contributed by atoms with Crippen LogP contribution in [-0.4, -0.2) is 36.4 Å². The number of halogens is 1. The number of carbonyl (C=O) groups excluding carboxylic acids is 1. The molecule has 1 aromatic carbocycles. The SMILES string of the molecule is Cc1cc(C)nc(SCc2nnc(SCC(N)=O)n2-c2cccc(Cl)c2)n1. The molecular weight excluding hydrogens is 404 g/mol. The Morgan fingerprint density at radius 3 is 2.56 bits per heavy atom. The Bertz CT molecular complexity index is 958. The lowest BCUT2D eigenvalue weighted by Gasteiger charge is -2.10. The van der Waals surface area contributed by atoms with E-state index in [0.29, 0.717) is 26.9 Å². The molecule has 7 nitrogen and oxygen atoms in total. The van der Waals surface area contributed by atoms with Crippen LogP contribution >= 0.6 is 35.1 Å². The zero-order valence-corrected chi connectivity index (χ0v) is 17.1. The topological polar surface area (TPSA) is 99.6 Å². The molecule has 0 aliphatic carbocycles. The number of benzene rings is 1. The molecule has 2 heterocycles. The fourth-order valence-corrected chi connectivity index (χ4v) is 4.14. The highest BCUT2D eigenvalue weighted by atomic mass is 35.5. The number of amides is 1. The molecule has 27 heavy (non-hydrogen) atoms. The van der Waals surface area contributed by atoms with Crippen molar-refractivity contribution in [3.05, 3.63) is 52.6 Å². The lowest BCUT2D eigenvalue weighted by molar-refractivity contribution is -0.115. The minimum atomic E-state index is -0.416. The number of hydrogen-bond acceptors (Lipinski definition) is 7. The van der Waals surface area contributed by atoms with E-state index >= 15 is 0 Å². The van der Waals surface area contributed by atoms with Crippen LogP contribution < -0.4 is 5.73 Å². The van der Waals surface area contributed by atoms with Crippen LogP contribution in [0.5, 0.6) is 0 Å². The second-order valence-corrected chi connectivity index (χ2v) is 8.01. The Morgan fingerprint density at radius 1 is 1.15 bits per heavy atom. The monoisotopic (exact) mass is 420 g/mol. The van der Waals surface area contributed by atoms with E-state index in [4.69, 9.17) is 17.3 Å². The molecule has 0 aliphatic rings. The standard InChI is InChI=1S/C17H17ClN6OS2/c1-10-6-11(2)21-16(20-10)26-9-15-22-23-17(27-8-14(19)25)24(15)13-5-3-4-12(18)7-13/h3-7H,8-9H2,1-2H3,(H2,19,25). The number of aromatic nitrogens is 5. The van der Waals surface area contributed by atoms with Crippen LogP contribution in [0.1, 0.15) is 17.2 Å². The van der Waals surface area contributed by atoms with Gasteiger partial charge in [-0.25, -0.2) is 9.97 Å². The Morgan fingerprint density at radius 2 is 1.89 bits per heavy atom. The summed E-state index contributed by atoms with van der Waals surface area (Å²) in [5.41, 5.74) is 7.91. The summed E-state index contributed by atoms with van der Waals surface area (Å²) in [6, 6.07) is 9.30. The Labute approximate surface area is 170 Å². The number of carbonyl (C=O) groups is 1. The van der Waals surface area contributed by atoms with Gasteiger partial charge in [-0.1, -0.05) is 41.2 Å². The summed E-state index contributed by atoms with van der Waals surface area (Å²) in [5.74, 6) is 0.920. The Kier molecular flexibility index (Phi) is 6.35. The van der Waals surface area contributed by atoms with Crippen molar-refractivity contribution in [2.45, 2.75) is 29.9 Å². The molecule has 0 saturated carbocycles. The van der Waals surface area contributed by atoms with Gasteiger partial charge < -0.3 is 5.73 Å². The largest absolute Gasteiger partial charge is 0.369 e. The van der Waals surface area contributed by atoms with Gasteiger partial charge in [0.15, 0.2) is 10.3 Å². The highest BCUT2D eigenvalue weighted by molar-refractivity contribution is 7.99. The number of aryl methyl sites for hydroxylation is 2. The molecule has 2 N–H and O–H groups in total. The first kappa shape index (κ1) is 19.7. The third-order valence-corrected chi connectivity index (χ3v) is 5.43. The average Bonchev–Trinajstić information content (AvgIpc) is 3.00. The van der Waals surface area contributed by atoms with Crippen LogP contribution in [0.3, 0.4) is 0 Å². The molecule has 0 saturated heterocycles. The maximum Gasteiger partial charge on any atom is 0.227 e. The van der Waals surface area contributed by atoms with Gasteiger partial charge in [0, 0.05) is 16.4 Å². The van der Waals surface area contributed by atoms with Gasteiger partial charge in [0.05, 0.1) is 17.2 Å². The maximum absolute atomic E-state index is 11.2. The number of rotatable bonds is 7. The lowest BCUT2D eigenvalue weighted by atomic mass is 10.3. The van der Waals surface area contributed by atoms with Gasteiger partial charge in [0.2, 0.25) is 5.91 Å². The fourth-order valence-electron chi connectivity index (χ4n) is 2.38. The van der Waals surface area contributed by atoms with Gasteiger partial charge in [-0.15, -0.1) is 10.2 Å². The molecule has 0 aliphatic heterocycles. The summed E-state index contributed by atoms with van der Waals surface area (Å²) >= 11 is 8.85. The van der Waals surface area contributed by atoms with Gasteiger partial charge >= 0.3 is 0 Å². The Balaban J connectivity index is 1.90. The van der Waals surface area contributed by atoms with Gasteiger partial charge in [-0.2, -0.15) is 0 Å². The Hall–Kier alpha value is -2.10. The smallest absolute Gasteiger partial charge is 0.227 e. The second kappa shape index (κ2) is 8.73. The molecule has 10 heteroatoms. The van der Waals surface area contributed by atoms with Crippen molar-refractivity contribution in [3.63, 3.8) is 0 Å². The normalized spacial score (nSPS) is 10.9. The third kappa shape index (κ3) is 5.21. The van der Waals surface area contributed by atoms with E-state index in [2.05, 4.69) is 20.2 Å². The van der Waals surface area contributed by atoms with Crippen LogP contribution in [0.15, 0.2) is 40.6 Å². The highest BCUT2D eigenvalue weighted by Gasteiger charge is 2.16. The van der Waals surface area contributed by atoms with Crippen molar-refractivity contribution in [1.29, 1.82) is 0 Å². The molecule has 140 valence electrons. The summed E-state index contributed by atoms with van der Waals surface area (Å²) in [6.07, 6.45) is 0. The zero-order chi connectivity index (χ0) is 19.4. The number of primary amides is 1. The van der Waals surface area contributed by atoms with Crippen molar-refractivity contribution in [3.8, 4) is 5.69 Å². The van der Waals surface area contributed by atoms with Crippen LogP contribution in [0.25, 0.3) is 5.69 Å². The zero-order valence-electron chi connectivity index (χ0n) is 14.7. The molecule has 0 radical (unpaired) electrons. The minimum Gasteiger partial charge on any atom is -0.369 e. The lowest BCUT2D eigenvalue weighted by Crippen LogP contribution is -2.14. The van der Waals surface area contributed by atoms with E-state index in [1.54, 1.807) is 6.07 Å². The molecule has 0 spiro atoms. The number of hydrogen-bond donors (Lipinski definition) is 1. The van der Waals surface area contributed by atoms with E-state index in [9.17, 15) is 4.79 Å². The first-order chi connectivity index (χ1) is 12.9. The average molecular weight is 421 g/mol. The molecule has 3 rings (SSSR count). The summed E-state index contributed by atoms with van der Waals surface area (Å²) in [6.45, 7) is 3.87. The van der Waals surface area contributed by atoms with E-state index in [-0.39, 0.29) is 5.75 Å². The third-order valence-electron chi connectivity index (χ3n) is 3.40. The van der Waals surface area contributed by atoms with Crippen LogP contribution in [0.4, 0.5) is 0 Å². The van der Waals surface area contributed by atoms with E-state index in [0.717, 1.165) is 17.1 Å². The molecule has 0 unspecified atom stereocenters. The molecule has 0 atom stereocenters. The van der Waals surface area contributed by atoms with Crippen molar-refractivity contribution in [2.75, 3.05) is 5.75 Å². The predicted molar refractivity (Wildman–Crippen MR) is 107 cm³/mol. The number of thioether (sulfide) groups is 2. The summed E-state index contributed by atoms with van der Waals surface area (Å²) in [5, 5.41) is 10.4. The fraction of sp³-hybridized carbons (Fsp3) is 0.235. The minimum absolute atomic E-state index is 0.117. The highest BCUT2D eigenvalue weighted by Crippen LogP contribution is 2.27. The van der Waals surface area contributed by atoms with Gasteiger partial charge in [-0.05, 0) is 38.1 Å². The maximum atomic E-state index is 11.2. The summed E-state index contributed by atoms with van der Waals surface area (Å²) < 4.78 is 1.87. The number of nitrogens with zero attached hydrogens (tertiary/aromatic N) is 5. The van der Waals surface area contributed by atoms with E-state index in [1.807, 2.05) is 42.7 Å². The quantitative estimate of drug-likeness (QED) is 0.462. The van der Waals surface area contributed by atoms with Gasteiger partial charge in [0.25, 0.3) is 0 Å². The molecule has 0 fully saturated rings. The van der Waals surface area contributed by atoms with Gasteiger partial charge in [-0.3, -0.25) is 9.36 Å². The molecular formula is C17H17ClN6OS2. The van der Waals surface area contributed by atoms with Crippen LogP contribution in [0, 0.1) is 13.8 Å². The first-order valence-corrected chi connectivity index (χ1v) is 10.3. The molecule has 0 bridgehead atoms. The van der Waals surface area contributed by atoms with Crippen LogP contribution in [0.2, 0.25) is 5.02 Å². The predicted octanol–water partition coefficient (Wildman–Crippen LogP) is 3.20. The van der Waals surface area contributed by atoms with Crippen molar-refractivity contribution in [1.82, 2.24) is 24.7 Å². The van der Waals surface area contributed by atoms with Crippen molar-refractivity contribution < 1.29 is 4.79 Å². The van der Waals surface area contributed by atoms with Crippen molar-refractivity contribution in [2.24, 2.45) is 5.73 Å². The van der Waals surface area contributed by atoms with E-state index < -0.39 is 5.91 Å². The first-order valence-electron chi connectivity index (χ1n) is 7.99. The van der Waals surface area contributed by atoms with Gasteiger partial charge in [0.1, 0.15) is 5.82 Å². The van der Waals surface area contributed by atoms with Crippen molar-refractivity contribution >= 4 is 41.0 Å².